The average Bonchev–Trinajstić information content (AvgIpc) is 2.77. The van der Waals surface area contributed by atoms with Crippen molar-refractivity contribution in [2.75, 3.05) is 0 Å². The van der Waals surface area contributed by atoms with E-state index >= 15 is 0 Å². The Morgan fingerprint density at radius 1 is 1.42 bits per heavy atom. The lowest BCUT2D eigenvalue weighted by atomic mass is 10.4. The second-order valence-corrected chi connectivity index (χ2v) is 2.15. The van der Waals surface area contributed by atoms with E-state index in [1.165, 1.54) is 23.5 Å². The van der Waals surface area contributed by atoms with E-state index in [9.17, 15) is 4.79 Å². The second-order valence-electron chi connectivity index (χ2n) is 2.15. The lowest BCUT2D eigenvalue weighted by molar-refractivity contribution is 0.0932. The molecule has 0 aliphatic heterocycles. The summed E-state index contributed by atoms with van der Waals surface area (Å²) in [7, 11) is 0. The van der Waals surface area contributed by atoms with Crippen LogP contribution in [-0.4, -0.2) is 20.7 Å². The molecule has 0 bridgehead atoms. The van der Waals surface area contributed by atoms with E-state index in [0.29, 0.717) is 0 Å². The lowest BCUT2D eigenvalue weighted by Crippen LogP contribution is -2.08. The summed E-state index contributed by atoms with van der Waals surface area (Å²) in [6.45, 7) is 0. The van der Waals surface area contributed by atoms with Crippen molar-refractivity contribution in [3.63, 3.8) is 0 Å². The van der Waals surface area contributed by atoms with Gasteiger partial charge < -0.3 is 4.42 Å². The maximum absolute atomic E-state index is 11.4. The molecule has 0 spiro atoms. The summed E-state index contributed by atoms with van der Waals surface area (Å²) >= 11 is 0. The molecule has 0 fully saturated rings. The summed E-state index contributed by atoms with van der Waals surface area (Å²) in [4.78, 5) is 11.4. The van der Waals surface area contributed by atoms with E-state index in [0.717, 1.165) is 0 Å². The first-order valence-corrected chi connectivity index (χ1v) is 3.31. The lowest BCUT2D eigenvalue weighted by Gasteiger charge is -1.92. The fraction of sp³-hybridized carbons (Fsp3) is 0. The van der Waals surface area contributed by atoms with Crippen molar-refractivity contribution >= 4 is 5.91 Å². The van der Waals surface area contributed by atoms with E-state index in [1.807, 2.05) is 0 Å². The van der Waals surface area contributed by atoms with Gasteiger partial charge in [-0.1, -0.05) is 0 Å². The molecule has 2 aromatic rings. The molecule has 0 N–H and O–H groups in total. The Bertz CT molecular complexity index is 327. The molecular formula is C7H5N3O2. The summed E-state index contributed by atoms with van der Waals surface area (Å²) in [6, 6.07) is 3.24. The van der Waals surface area contributed by atoms with Gasteiger partial charge in [0, 0.05) is 0 Å². The maximum atomic E-state index is 11.4. The summed E-state index contributed by atoms with van der Waals surface area (Å²) in [5.74, 6) is -0.000185. The van der Waals surface area contributed by atoms with Crippen LogP contribution in [0.15, 0.2) is 35.5 Å². The largest absolute Gasteiger partial charge is 0.459 e. The molecule has 0 saturated heterocycles. The van der Waals surface area contributed by atoms with Gasteiger partial charge in [-0.05, 0) is 12.1 Å². The Morgan fingerprint density at radius 2 is 2.17 bits per heavy atom. The predicted octanol–water partition coefficient (Wildman–Crippen LogP) is 0.560. The molecule has 2 rings (SSSR count). The van der Waals surface area contributed by atoms with Crippen molar-refractivity contribution in [1.29, 1.82) is 0 Å². The predicted molar refractivity (Wildman–Crippen MR) is 38.5 cm³/mol. The monoisotopic (exact) mass is 163 g/mol. The third kappa shape index (κ3) is 1.01. The second kappa shape index (κ2) is 2.61. The average molecular weight is 163 g/mol. The van der Waals surface area contributed by atoms with Gasteiger partial charge in [-0.2, -0.15) is 0 Å². The number of aromatic nitrogens is 3. The molecule has 0 unspecified atom stereocenters. The van der Waals surface area contributed by atoms with Crippen LogP contribution in [0.3, 0.4) is 0 Å². The first kappa shape index (κ1) is 6.78. The van der Waals surface area contributed by atoms with Gasteiger partial charge >= 0.3 is 0 Å². The zero-order chi connectivity index (χ0) is 8.39. The first-order valence-electron chi connectivity index (χ1n) is 3.31. The minimum Gasteiger partial charge on any atom is -0.459 e. The van der Waals surface area contributed by atoms with Crippen LogP contribution < -0.4 is 0 Å². The molecule has 0 aliphatic rings. The first-order chi connectivity index (χ1) is 5.88. The molecule has 0 aliphatic carbocycles. The van der Waals surface area contributed by atoms with E-state index < -0.39 is 0 Å². The minimum atomic E-state index is -0.273. The van der Waals surface area contributed by atoms with Gasteiger partial charge in [0.25, 0.3) is 5.91 Å². The highest BCUT2D eigenvalue weighted by Gasteiger charge is 2.09. The summed E-state index contributed by atoms with van der Waals surface area (Å²) in [5.41, 5.74) is 0. The van der Waals surface area contributed by atoms with Crippen LogP contribution in [0.1, 0.15) is 10.6 Å². The van der Waals surface area contributed by atoms with Crippen LogP contribution in [-0.2, 0) is 0 Å². The van der Waals surface area contributed by atoms with Crippen LogP contribution in [0.2, 0.25) is 0 Å². The molecule has 5 heteroatoms. The number of furan rings is 1. The number of carbonyl (C=O) groups excluding carboxylic acids is 1. The van der Waals surface area contributed by atoms with Crippen molar-refractivity contribution in [2.45, 2.75) is 0 Å². The standard InChI is InChI=1S/C7H5N3O2/c11-7(6-2-1-3-12-6)10-4-8-9-5-10/h1-5H. The number of hydrogen-bond donors (Lipinski definition) is 0. The zero-order valence-electron chi connectivity index (χ0n) is 6.04. The van der Waals surface area contributed by atoms with Gasteiger partial charge in [0.2, 0.25) is 0 Å². The van der Waals surface area contributed by atoms with Gasteiger partial charge in [-0.25, -0.2) is 0 Å². The van der Waals surface area contributed by atoms with E-state index in [4.69, 9.17) is 4.42 Å². The van der Waals surface area contributed by atoms with Gasteiger partial charge in [0.1, 0.15) is 12.7 Å². The SMILES string of the molecule is O=C(c1ccco1)n1cnnc1. The third-order valence-electron chi connectivity index (χ3n) is 1.39. The number of nitrogens with zero attached hydrogens (tertiary/aromatic N) is 3. The van der Waals surface area contributed by atoms with Crippen LogP contribution in [0.5, 0.6) is 0 Å². The van der Waals surface area contributed by atoms with Crippen molar-refractivity contribution in [3.8, 4) is 0 Å². The summed E-state index contributed by atoms with van der Waals surface area (Å²) < 4.78 is 6.14. The molecular weight excluding hydrogens is 158 g/mol. The van der Waals surface area contributed by atoms with Gasteiger partial charge in [-0.15, -0.1) is 10.2 Å². The summed E-state index contributed by atoms with van der Waals surface area (Å²) in [5, 5.41) is 7.01. The highest BCUT2D eigenvalue weighted by atomic mass is 16.3. The fourth-order valence-electron chi connectivity index (χ4n) is 0.833. The topological polar surface area (TPSA) is 60.9 Å². The number of carbonyl (C=O) groups is 1. The Balaban J connectivity index is 2.34. The maximum Gasteiger partial charge on any atom is 0.300 e. The van der Waals surface area contributed by atoms with E-state index in [1.54, 1.807) is 12.1 Å². The molecule has 60 valence electrons. The molecule has 0 amide bonds. The van der Waals surface area contributed by atoms with Crippen LogP contribution >= 0.6 is 0 Å². The van der Waals surface area contributed by atoms with Crippen LogP contribution in [0, 0.1) is 0 Å². The Hall–Kier alpha value is -1.91. The van der Waals surface area contributed by atoms with Crippen molar-refractivity contribution in [2.24, 2.45) is 0 Å². The Morgan fingerprint density at radius 3 is 2.75 bits per heavy atom. The van der Waals surface area contributed by atoms with Crippen LogP contribution in [0.4, 0.5) is 0 Å². The smallest absolute Gasteiger partial charge is 0.300 e. The molecule has 2 heterocycles. The third-order valence-corrected chi connectivity index (χ3v) is 1.39. The van der Waals surface area contributed by atoms with Crippen molar-refractivity contribution in [3.05, 3.63) is 36.8 Å². The molecule has 5 nitrogen and oxygen atoms in total. The fourth-order valence-corrected chi connectivity index (χ4v) is 0.833. The molecule has 0 saturated carbocycles. The van der Waals surface area contributed by atoms with Gasteiger partial charge in [0.15, 0.2) is 5.76 Å². The van der Waals surface area contributed by atoms with E-state index in [-0.39, 0.29) is 11.7 Å². The molecule has 0 atom stereocenters. The number of rotatable bonds is 1. The number of hydrogen-bond acceptors (Lipinski definition) is 4. The summed E-state index contributed by atoms with van der Waals surface area (Å²) in [6.07, 6.45) is 4.09. The zero-order valence-corrected chi connectivity index (χ0v) is 6.04. The van der Waals surface area contributed by atoms with Gasteiger partial charge in [0.05, 0.1) is 6.26 Å². The molecule has 0 radical (unpaired) electrons. The van der Waals surface area contributed by atoms with Crippen LogP contribution in [0.25, 0.3) is 0 Å². The molecule has 12 heavy (non-hydrogen) atoms. The Labute approximate surface area is 67.6 Å². The normalized spacial score (nSPS) is 10.0. The highest BCUT2D eigenvalue weighted by Crippen LogP contribution is 2.01. The highest BCUT2D eigenvalue weighted by molar-refractivity contribution is 5.92. The minimum absolute atomic E-state index is 0.273. The quantitative estimate of drug-likeness (QED) is 0.616. The molecule has 0 aromatic carbocycles. The Kier molecular flexibility index (Phi) is 1.48. The molecule has 2 aromatic heterocycles. The van der Waals surface area contributed by atoms with Gasteiger partial charge in [-0.3, -0.25) is 9.36 Å². The van der Waals surface area contributed by atoms with Crippen molar-refractivity contribution < 1.29 is 9.21 Å². The van der Waals surface area contributed by atoms with Crippen molar-refractivity contribution in [1.82, 2.24) is 14.8 Å². The van der Waals surface area contributed by atoms with E-state index in [2.05, 4.69) is 10.2 Å².